The van der Waals surface area contributed by atoms with Crippen LogP contribution in [0.15, 0.2) is 18.2 Å². The molecule has 0 N–H and O–H groups in total. The second-order valence-electron chi connectivity index (χ2n) is 9.87. The maximum atomic E-state index is 12.4. The first-order valence-corrected chi connectivity index (χ1v) is 11.4. The summed E-state index contributed by atoms with van der Waals surface area (Å²) in [4.78, 5) is 12.4. The van der Waals surface area contributed by atoms with E-state index in [0.29, 0.717) is 5.92 Å². The van der Waals surface area contributed by atoms with E-state index in [1.165, 1.54) is 29.4 Å². The lowest BCUT2D eigenvalue weighted by molar-refractivity contribution is -0.139. The molecule has 0 atom stereocenters. The van der Waals surface area contributed by atoms with Crippen molar-refractivity contribution in [2.75, 3.05) is 13.7 Å². The fraction of sp³-hybridized carbons (Fsp3) is 0.519. The van der Waals surface area contributed by atoms with E-state index in [1.807, 2.05) is 0 Å². The van der Waals surface area contributed by atoms with Crippen molar-refractivity contribution in [3.05, 3.63) is 46.0 Å². The van der Waals surface area contributed by atoms with Crippen molar-refractivity contribution in [1.82, 2.24) is 0 Å². The van der Waals surface area contributed by atoms with Gasteiger partial charge in [-0.05, 0) is 112 Å². The molecule has 4 rings (SSSR count). The maximum Gasteiger partial charge on any atom is 0.310 e. The average Bonchev–Trinajstić information content (AvgIpc) is 3.54. The van der Waals surface area contributed by atoms with Crippen LogP contribution in [-0.4, -0.2) is 25.3 Å². The lowest BCUT2D eigenvalue weighted by atomic mass is 9.83. The minimum Gasteiger partial charge on any atom is -0.493 e. The number of hydrogen-bond donors (Lipinski definition) is 0. The molecule has 0 spiro atoms. The largest absolute Gasteiger partial charge is 0.493 e. The summed E-state index contributed by atoms with van der Waals surface area (Å²) in [5.41, 5.74) is 7.96. The summed E-state index contributed by atoms with van der Waals surface area (Å²) < 4.78 is 17.4. The zero-order valence-electron chi connectivity index (χ0n) is 19.7. The fourth-order valence-corrected chi connectivity index (χ4v) is 4.67. The van der Waals surface area contributed by atoms with E-state index >= 15 is 0 Å². The van der Waals surface area contributed by atoms with Gasteiger partial charge in [0.1, 0.15) is 17.1 Å². The van der Waals surface area contributed by atoms with Crippen LogP contribution in [0.5, 0.6) is 11.5 Å². The number of hydrogen-bond acceptors (Lipinski definition) is 4. The molecule has 4 nitrogen and oxygen atoms in total. The molecule has 2 aromatic carbocycles. The normalized spacial score (nSPS) is 15.8. The maximum absolute atomic E-state index is 12.4. The lowest BCUT2D eigenvalue weighted by Crippen LogP contribution is -2.24. The van der Waals surface area contributed by atoms with Crippen LogP contribution in [0.25, 0.3) is 11.1 Å². The molecule has 31 heavy (non-hydrogen) atoms. The van der Waals surface area contributed by atoms with Gasteiger partial charge in [0.05, 0.1) is 20.1 Å². The topological polar surface area (TPSA) is 44.8 Å². The highest BCUT2D eigenvalue weighted by atomic mass is 16.5. The van der Waals surface area contributed by atoms with E-state index in [0.717, 1.165) is 60.5 Å². The molecule has 1 fully saturated rings. The molecule has 0 bridgehead atoms. The van der Waals surface area contributed by atoms with Crippen LogP contribution in [-0.2, 0) is 22.4 Å². The Bertz CT molecular complexity index is 1010. The van der Waals surface area contributed by atoms with Gasteiger partial charge in [-0.25, -0.2) is 0 Å². The first-order chi connectivity index (χ1) is 14.7. The van der Waals surface area contributed by atoms with Gasteiger partial charge in [-0.2, -0.15) is 0 Å². The predicted molar refractivity (Wildman–Crippen MR) is 123 cm³/mol. The molecule has 0 saturated heterocycles. The van der Waals surface area contributed by atoms with E-state index in [2.05, 4.69) is 52.8 Å². The van der Waals surface area contributed by atoms with E-state index in [4.69, 9.17) is 14.2 Å². The van der Waals surface area contributed by atoms with Gasteiger partial charge in [0.25, 0.3) is 0 Å². The summed E-state index contributed by atoms with van der Waals surface area (Å²) in [6.07, 6.45) is 4.63. The van der Waals surface area contributed by atoms with Crippen LogP contribution in [0.4, 0.5) is 0 Å². The van der Waals surface area contributed by atoms with Gasteiger partial charge in [0.15, 0.2) is 0 Å². The molecule has 2 aromatic rings. The number of carbonyl (C=O) groups is 1. The van der Waals surface area contributed by atoms with Crippen molar-refractivity contribution in [2.45, 2.75) is 78.2 Å². The molecule has 2 aliphatic rings. The lowest BCUT2D eigenvalue weighted by Gasteiger charge is -2.28. The van der Waals surface area contributed by atoms with Crippen LogP contribution >= 0.6 is 0 Å². The molecule has 4 heteroatoms. The van der Waals surface area contributed by atoms with E-state index in [1.54, 1.807) is 0 Å². The Kier molecular flexibility index (Phi) is 5.76. The molecule has 0 unspecified atom stereocenters. The van der Waals surface area contributed by atoms with Crippen LogP contribution in [0.3, 0.4) is 0 Å². The first kappa shape index (κ1) is 21.7. The third-order valence-corrected chi connectivity index (χ3v) is 6.26. The van der Waals surface area contributed by atoms with Gasteiger partial charge in [-0.1, -0.05) is 6.07 Å². The van der Waals surface area contributed by atoms with E-state index in [-0.39, 0.29) is 18.0 Å². The number of aryl methyl sites for hydroxylation is 1. The monoisotopic (exact) mass is 422 g/mol. The van der Waals surface area contributed by atoms with Gasteiger partial charge >= 0.3 is 5.97 Å². The second kappa shape index (κ2) is 8.22. The summed E-state index contributed by atoms with van der Waals surface area (Å²) in [6, 6.07) is 6.39. The first-order valence-electron chi connectivity index (χ1n) is 11.4. The van der Waals surface area contributed by atoms with Gasteiger partial charge in [0, 0.05) is 5.56 Å². The third kappa shape index (κ3) is 4.44. The minimum absolute atomic E-state index is 0.213. The Morgan fingerprint density at radius 3 is 2.58 bits per heavy atom. The summed E-state index contributed by atoms with van der Waals surface area (Å²) in [5.74, 6) is 2.20. The standard InChI is InChI=1S/C27H34O4/c1-16-14-23(31-27(3,4)5)25(18-9-10-18)26(21(16)15-24(28)29-6)20-11-12-22-19(17(20)2)8-7-13-30-22/h11-12,14,18H,7-10,13,15H2,1-6H3. The highest BCUT2D eigenvalue weighted by molar-refractivity contribution is 5.84. The van der Waals surface area contributed by atoms with Crippen molar-refractivity contribution in [2.24, 2.45) is 0 Å². The molecular formula is C27H34O4. The molecule has 1 heterocycles. The van der Waals surface area contributed by atoms with Crippen molar-refractivity contribution >= 4 is 5.97 Å². The summed E-state index contributed by atoms with van der Waals surface area (Å²) in [5, 5.41) is 0. The smallest absolute Gasteiger partial charge is 0.310 e. The number of fused-ring (bicyclic) bond motifs is 1. The van der Waals surface area contributed by atoms with Gasteiger partial charge in [-0.3, -0.25) is 4.79 Å². The minimum atomic E-state index is -0.296. The van der Waals surface area contributed by atoms with Crippen LogP contribution in [0.1, 0.15) is 73.8 Å². The molecule has 1 aliphatic carbocycles. The summed E-state index contributed by atoms with van der Waals surface area (Å²) in [7, 11) is 1.46. The number of benzene rings is 2. The van der Waals surface area contributed by atoms with Crippen molar-refractivity contribution < 1.29 is 19.0 Å². The number of methoxy groups -OCH3 is 1. The summed E-state index contributed by atoms with van der Waals surface area (Å²) >= 11 is 0. The molecule has 166 valence electrons. The second-order valence-corrected chi connectivity index (χ2v) is 9.87. The zero-order chi connectivity index (χ0) is 22.3. The zero-order valence-corrected chi connectivity index (χ0v) is 19.7. The number of esters is 1. The van der Waals surface area contributed by atoms with E-state index in [9.17, 15) is 4.79 Å². The Morgan fingerprint density at radius 1 is 1.19 bits per heavy atom. The third-order valence-electron chi connectivity index (χ3n) is 6.26. The number of rotatable bonds is 5. The highest BCUT2D eigenvalue weighted by Crippen LogP contribution is 2.52. The van der Waals surface area contributed by atoms with Gasteiger partial charge in [-0.15, -0.1) is 0 Å². The molecule has 1 saturated carbocycles. The Balaban J connectivity index is 1.99. The molecule has 0 radical (unpaired) electrons. The fourth-order valence-electron chi connectivity index (χ4n) is 4.67. The van der Waals surface area contributed by atoms with Crippen molar-refractivity contribution in [3.63, 3.8) is 0 Å². The molecule has 0 amide bonds. The average molecular weight is 423 g/mol. The molecule has 1 aliphatic heterocycles. The highest BCUT2D eigenvalue weighted by Gasteiger charge is 2.34. The predicted octanol–water partition coefficient (Wildman–Crippen LogP) is 6.07. The number of ether oxygens (including phenoxy) is 3. The molecular weight excluding hydrogens is 388 g/mol. The van der Waals surface area contributed by atoms with Crippen LogP contribution in [0.2, 0.25) is 0 Å². The Labute approximate surface area is 185 Å². The van der Waals surface area contributed by atoms with Crippen LogP contribution < -0.4 is 9.47 Å². The Morgan fingerprint density at radius 2 is 1.94 bits per heavy atom. The van der Waals surface area contributed by atoms with Gasteiger partial charge < -0.3 is 14.2 Å². The summed E-state index contributed by atoms with van der Waals surface area (Å²) in [6.45, 7) is 11.3. The van der Waals surface area contributed by atoms with Crippen molar-refractivity contribution in [1.29, 1.82) is 0 Å². The quantitative estimate of drug-likeness (QED) is 0.549. The van der Waals surface area contributed by atoms with E-state index < -0.39 is 0 Å². The SMILES string of the molecule is COC(=O)Cc1c(C)cc(OC(C)(C)C)c(C2CC2)c1-c1ccc2c(c1C)CCCO2. The number of carbonyl (C=O) groups excluding carboxylic acids is 1. The van der Waals surface area contributed by atoms with Gasteiger partial charge in [0.2, 0.25) is 0 Å². The van der Waals surface area contributed by atoms with Crippen LogP contribution in [0, 0.1) is 13.8 Å². The molecule has 0 aromatic heterocycles. The Hall–Kier alpha value is -2.49. The van der Waals surface area contributed by atoms with Crippen molar-refractivity contribution in [3.8, 4) is 22.6 Å².